The van der Waals surface area contributed by atoms with Crippen molar-refractivity contribution in [3.05, 3.63) is 48.3 Å². The summed E-state index contributed by atoms with van der Waals surface area (Å²) >= 11 is 2.35. The fraction of sp³-hybridized carbons (Fsp3) is 0.440. The van der Waals surface area contributed by atoms with Gasteiger partial charge in [0.1, 0.15) is 6.61 Å². The summed E-state index contributed by atoms with van der Waals surface area (Å²) < 4.78 is 27.2. The maximum absolute atomic E-state index is 6.13. The third kappa shape index (κ3) is 6.06. The smallest absolute Gasteiger partial charge is 0.476 e. The molecule has 1 unspecified atom stereocenters. The topological polar surface area (TPSA) is 84.6 Å². The summed E-state index contributed by atoms with van der Waals surface area (Å²) in [5, 5.41) is 13.5. The van der Waals surface area contributed by atoms with Crippen molar-refractivity contribution in [3.8, 4) is 17.0 Å². The molecule has 0 spiro atoms. The van der Waals surface area contributed by atoms with Crippen LogP contribution in [0.3, 0.4) is 0 Å². The van der Waals surface area contributed by atoms with Crippen LogP contribution in [0.5, 0.6) is 5.88 Å². The van der Waals surface area contributed by atoms with Gasteiger partial charge in [-0.2, -0.15) is 10.2 Å². The van der Waals surface area contributed by atoms with Gasteiger partial charge >= 0.3 is 7.12 Å². The average molecular weight is 637 g/mol. The molecule has 4 rings (SSSR count). The second-order valence-corrected chi connectivity index (χ2v) is 11.9. The molecule has 1 saturated heterocycles. The lowest BCUT2D eigenvalue weighted by atomic mass is 9.89. The normalized spacial score (nSPS) is 17.0. The Hall–Kier alpha value is -1.92. The van der Waals surface area contributed by atoms with Crippen molar-refractivity contribution < 1.29 is 18.8 Å². The third-order valence-corrected chi connectivity index (χ3v) is 8.57. The third-order valence-electron chi connectivity index (χ3n) is 6.70. The van der Waals surface area contributed by atoms with Crippen LogP contribution in [0.25, 0.3) is 28.1 Å². The van der Waals surface area contributed by atoms with Crippen molar-refractivity contribution in [1.82, 2.24) is 24.6 Å². The van der Waals surface area contributed by atoms with E-state index in [-0.39, 0.29) is 11.2 Å². The number of fused-ring (bicyclic) bond motifs is 1. The minimum absolute atomic E-state index is 0.385. The van der Waals surface area contributed by atoms with Crippen molar-refractivity contribution >= 4 is 52.5 Å². The molecule has 2 aromatic heterocycles. The van der Waals surface area contributed by atoms with E-state index in [0.29, 0.717) is 32.0 Å². The molecular weight excluding hydrogens is 603 g/mol. The predicted molar refractivity (Wildman–Crippen MR) is 159 cm³/mol. The molecule has 1 aliphatic heterocycles. The molecule has 3 aromatic rings. The van der Waals surface area contributed by atoms with Crippen LogP contribution in [0.1, 0.15) is 33.4 Å². The van der Waals surface area contributed by atoms with Gasteiger partial charge in [0.15, 0.2) is 0 Å². The molecule has 0 amide bonds. The van der Waals surface area contributed by atoms with Gasteiger partial charge in [-0.15, -0.1) is 0 Å². The highest BCUT2D eigenvalue weighted by Crippen LogP contribution is 2.38. The minimum atomic E-state index is -0.428. The Labute approximate surface area is 233 Å². The summed E-state index contributed by atoms with van der Waals surface area (Å²) in [6.07, 6.45) is 4.29. The standard InChI is InChI=1S/C25H34BIN5O4P/c1-17(16-33-7)28-12-13-34-23-20(15-29-31(23)6)18-8-9-22-19(14-18)21(30-32(22)37-27)10-11-26-35-24(2,3)25(4,5)36-26/h8-11,14-15,28,37H,1,12-13,16H2,2-7H3/b11-10+. The van der Waals surface area contributed by atoms with E-state index in [0.717, 1.165) is 33.4 Å². The first-order valence-electron chi connectivity index (χ1n) is 12.1. The SMILES string of the molecule is C=C(COC)NCCOc1c(-c2ccc3c(c2)c(/C=C/B2OC(C)(C)C(C)(C)O2)nn3PI)cnn1C. The van der Waals surface area contributed by atoms with E-state index >= 15 is 0 Å². The van der Waals surface area contributed by atoms with Gasteiger partial charge in [0.05, 0.1) is 47.2 Å². The molecule has 198 valence electrons. The first-order valence-corrected chi connectivity index (χ1v) is 16.1. The van der Waals surface area contributed by atoms with E-state index in [2.05, 4.69) is 57.2 Å². The quantitative estimate of drug-likeness (QED) is 0.137. The zero-order valence-corrected chi connectivity index (χ0v) is 25.3. The molecule has 1 N–H and O–H groups in total. The highest BCUT2D eigenvalue weighted by Gasteiger charge is 2.50. The van der Waals surface area contributed by atoms with Crippen LogP contribution in [0, 0.1) is 0 Å². The number of rotatable bonds is 11. The van der Waals surface area contributed by atoms with Gasteiger partial charge in [0.25, 0.3) is 0 Å². The summed E-state index contributed by atoms with van der Waals surface area (Å²) in [5.41, 5.74) is 3.91. The molecule has 1 aromatic carbocycles. The van der Waals surface area contributed by atoms with Crippen LogP contribution in [-0.2, 0) is 21.1 Å². The van der Waals surface area contributed by atoms with E-state index < -0.39 is 7.12 Å². The fourth-order valence-electron chi connectivity index (χ4n) is 4.03. The zero-order valence-electron chi connectivity index (χ0n) is 22.2. The zero-order chi connectivity index (χ0) is 26.8. The van der Waals surface area contributed by atoms with Crippen LogP contribution >= 0.6 is 28.4 Å². The lowest BCUT2D eigenvalue weighted by Gasteiger charge is -2.32. The number of hydrogen-bond acceptors (Lipinski definition) is 7. The van der Waals surface area contributed by atoms with Crippen LogP contribution in [0.15, 0.2) is 42.6 Å². The molecular formula is C25H34BIN5O4P. The molecule has 0 saturated carbocycles. The molecule has 1 atom stereocenters. The number of aryl methyl sites for hydroxylation is 1. The van der Waals surface area contributed by atoms with Crippen LogP contribution in [0.4, 0.5) is 0 Å². The van der Waals surface area contributed by atoms with Crippen molar-refractivity contribution in [1.29, 1.82) is 0 Å². The van der Waals surface area contributed by atoms with Gasteiger partial charge in [-0.25, -0.2) is 9.13 Å². The number of aromatic nitrogens is 4. The van der Waals surface area contributed by atoms with Crippen molar-refractivity contribution in [2.45, 2.75) is 38.9 Å². The lowest BCUT2D eigenvalue weighted by Crippen LogP contribution is -2.41. The number of hydrogen-bond donors (Lipinski definition) is 1. The van der Waals surface area contributed by atoms with Gasteiger partial charge < -0.3 is 24.1 Å². The Morgan fingerprint density at radius 2 is 2.00 bits per heavy atom. The summed E-state index contributed by atoms with van der Waals surface area (Å²) in [4.78, 5) is 0. The Morgan fingerprint density at radius 1 is 1.27 bits per heavy atom. The van der Waals surface area contributed by atoms with Gasteiger partial charge in [0, 0.05) is 31.8 Å². The van der Waals surface area contributed by atoms with Gasteiger partial charge in [0.2, 0.25) is 5.88 Å². The predicted octanol–water partition coefficient (Wildman–Crippen LogP) is 5.00. The molecule has 3 heterocycles. The Kier molecular flexibility index (Phi) is 8.70. The number of ether oxygens (including phenoxy) is 2. The summed E-state index contributed by atoms with van der Waals surface area (Å²) in [6.45, 7) is 13.7. The number of halogens is 1. The Morgan fingerprint density at radius 3 is 2.68 bits per heavy atom. The minimum Gasteiger partial charge on any atom is -0.476 e. The Balaban J connectivity index is 1.58. The highest BCUT2D eigenvalue weighted by atomic mass is 127. The average Bonchev–Trinajstić information content (AvgIpc) is 3.45. The molecule has 9 nitrogen and oxygen atoms in total. The summed E-state index contributed by atoms with van der Waals surface area (Å²) in [5.74, 6) is 2.64. The molecule has 12 heteroatoms. The molecule has 0 aliphatic carbocycles. The summed E-state index contributed by atoms with van der Waals surface area (Å²) in [7, 11) is 3.09. The van der Waals surface area contributed by atoms with Crippen molar-refractivity contribution in [3.63, 3.8) is 0 Å². The van der Waals surface area contributed by atoms with E-state index in [1.807, 2.05) is 57.4 Å². The monoisotopic (exact) mass is 637 g/mol. The molecule has 1 fully saturated rings. The number of nitrogens with one attached hydrogen (secondary N) is 1. The van der Waals surface area contributed by atoms with Gasteiger partial charge in [-0.3, -0.25) is 0 Å². The maximum atomic E-state index is 6.13. The Bertz CT molecular complexity index is 1290. The molecule has 0 bridgehead atoms. The first kappa shape index (κ1) is 28.1. The largest absolute Gasteiger partial charge is 0.487 e. The molecule has 0 radical (unpaired) electrons. The second-order valence-electron chi connectivity index (χ2n) is 9.90. The summed E-state index contributed by atoms with van der Waals surface area (Å²) in [6, 6.07) is 6.33. The van der Waals surface area contributed by atoms with Gasteiger partial charge in [-0.05, 0) is 73.5 Å². The number of benzene rings is 1. The maximum Gasteiger partial charge on any atom is 0.487 e. The first-order chi connectivity index (χ1) is 17.6. The van der Waals surface area contributed by atoms with E-state index in [1.165, 1.54) is 0 Å². The van der Waals surface area contributed by atoms with Crippen molar-refractivity contribution in [2.75, 3.05) is 26.9 Å². The van der Waals surface area contributed by atoms with E-state index in [1.54, 1.807) is 11.8 Å². The fourth-order valence-corrected chi connectivity index (χ4v) is 5.56. The van der Waals surface area contributed by atoms with Crippen molar-refractivity contribution in [2.24, 2.45) is 7.05 Å². The number of methoxy groups -OCH3 is 1. The van der Waals surface area contributed by atoms with E-state index in [4.69, 9.17) is 23.9 Å². The lowest BCUT2D eigenvalue weighted by molar-refractivity contribution is 0.00578. The number of nitrogens with zero attached hydrogens (tertiary/aromatic N) is 4. The second kappa shape index (κ2) is 11.4. The molecule has 37 heavy (non-hydrogen) atoms. The molecule has 1 aliphatic rings. The van der Waals surface area contributed by atoms with Gasteiger partial charge in [-0.1, -0.05) is 18.6 Å². The van der Waals surface area contributed by atoms with E-state index in [9.17, 15) is 0 Å². The van der Waals surface area contributed by atoms with Crippen LogP contribution in [-0.4, -0.2) is 64.5 Å². The highest BCUT2D eigenvalue weighted by molar-refractivity contribution is 14.2. The van der Waals surface area contributed by atoms with Crippen LogP contribution in [0.2, 0.25) is 0 Å². The van der Waals surface area contributed by atoms with Crippen LogP contribution < -0.4 is 10.1 Å².